The summed E-state index contributed by atoms with van der Waals surface area (Å²) in [5.74, 6) is -1.29. The molecule has 0 aliphatic carbocycles. The number of carbonyl (C=O) groups is 3. The number of anilines is 1. The third-order valence-electron chi connectivity index (χ3n) is 3.70. The van der Waals surface area contributed by atoms with Gasteiger partial charge < -0.3 is 9.47 Å². The summed E-state index contributed by atoms with van der Waals surface area (Å²) >= 11 is 4.06. The minimum atomic E-state index is -0.792. The van der Waals surface area contributed by atoms with Gasteiger partial charge in [0.25, 0.3) is 5.91 Å². The van der Waals surface area contributed by atoms with E-state index < -0.39 is 30.3 Å². The molecule has 2 rings (SSSR count). The molecule has 0 fully saturated rings. The summed E-state index contributed by atoms with van der Waals surface area (Å²) in [6, 6.07) is 10.3. The van der Waals surface area contributed by atoms with Crippen LogP contribution in [0.4, 0.5) is 14.9 Å². The first-order chi connectivity index (χ1) is 13.9. The van der Waals surface area contributed by atoms with Crippen molar-refractivity contribution in [3.63, 3.8) is 0 Å². The molecule has 2 aromatic rings. The molecule has 0 radical (unpaired) electrons. The molecule has 1 N–H and O–H groups in total. The van der Waals surface area contributed by atoms with Gasteiger partial charge in [-0.2, -0.15) is 0 Å². The van der Waals surface area contributed by atoms with E-state index in [9.17, 15) is 18.8 Å². The van der Waals surface area contributed by atoms with Gasteiger partial charge in [0, 0.05) is 0 Å². The highest BCUT2D eigenvalue weighted by Gasteiger charge is 2.16. The van der Waals surface area contributed by atoms with Crippen LogP contribution in [-0.2, 0) is 9.53 Å². The lowest BCUT2D eigenvalue weighted by Gasteiger charge is -2.16. The smallest absolute Gasteiger partial charge is 0.338 e. The van der Waals surface area contributed by atoms with Gasteiger partial charge in [0.05, 0.1) is 17.9 Å². The van der Waals surface area contributed by atoms with Gasteiger partial charge in [-0.05, 0) is 55.0 Å². The molecule has 3 amide bonds. The van der Waals surface area contributed by atoms with Crippen molar-refractivity contribution in [2.45, 2.75) is 19.8 Å². The lowest BCUT2D eigenvalue weighted by molar-refractivity contribution is -0.121. The third-order valence-corrected chi connectivity index (χ3v) is 4.11. The standard InChI is InChI=1S/C20H21FN2O5S/c1-2-3-12-27-19(25)14-4-8-16(9-5-14)23(29)20(26)22-18(24)13-28-17-10-6-15(21)7-11-17/h4-11,29H,2-3,12-13H2,1H3,(H,22,24,26). The minimum Gasteiger partial charge on any atom is -0.484 e. The Hall–Kier alpha value is -3.07. The maximum Gasteiger partial charge on any atom is 0.338 e. The molecule has 0 aromatic heterocycles. The molecule has 0 atom stereocenters. The molecule has 0 aliphatic rings. The van der Waals surface area contributed by atoms with Gasteiger partial charge >= 0.3 is 12.0 Å². The topological polar surface area (TPSA) is 84.9 Å². The lowest BCUT2D eigenvalue weighted by atomic mass is 10.2. The lowest BCUT2D eigenvalue weighted by Crippen LogP contribution is -2.40. The van der Waals surface area contributed by atoms with Gasteiger partial charge in [-0.15, -0.1) is 0 Å². The van der Waals surface area contributed by atoms with Gasteiger partial charge in [0.15, 0.2) is 6.61 Å². The first-order valence-electron chi connectivity index (χ1n) is 8.89. The van der Waals surface area contributed by atoms with Crippen molar-refractivity contribution in [2.24, 2.45) is 0 Å². The van der Waals surface area contributed by atoms with Crippen LogP contribution >= 0.6 is 12.8 Å². The number of urea groups is 1. The second-order valence-corrected chi connectivity index (χ2v) is 6.34. The van der Waals surface area contributed by atoms with Crippen molar-refractivity contribution < 1.29 is 28.2 Å². The molecule has 9 heteroatoms. The van der Waals surface area contributed by atoms with Gasteiger partial charge in [0.2, 0.25) is 0 Å². The monoisotopic (exact) mass is 420 g/mol. The van der Waals surface area contributed by atoms with Crippen molar-refractivity contribution in [1.29, 1.82) is 0 Å². The van der Waals surface area contributed by atoms with E-state index >= 15 is 0 Å². The Morgan fingerprint density at radius 2 is 1.72 bits per heavy atom. The van der Waals surface area contributed by atoms with E-state index in [1.54, 1.807) is 0 Å². The zero-order valence-electron chi connectivity index (χ0n) is 15.8. The maximum atomic E-state index is 12.8. The molecule has 0 unspecified atom stereocenters. The number of unbranched alkanes of at least 4 members (excludes halogenated alkanes) is 1. The number of rotatable bonds is 8. The van der Waals surface area contributed by atoms with Crippen molar-refractivity contribution in [1.82, 2.24) is 5.32 Å². The van der Waals surface area contributed by atoms with Crippen LogP contribution in [-0.4, -0.2) is 31.1 Å². The van der Waals surface area contributed by atoms with Gasteiger partial charge in [-0.25, -0.2) is 18.3 Å². The fourth-order valence-corrected chi connectivity index (χ4v) is 2.32. The van der Waals surface area contributed by atoms with Crippen LogP contribution in [0.25, 0.3) is 0 Å². The highest BCUT2D eigenvalue weighted by molar-refractivity contribution is 7.82. The molecular weight excluding hydrogens is 399 g/mol. The Balaban J connectivity index is 1.84. The highest BCUT2D eigenvalue weighted by Crippen LogP contribution is 2.18. The number of hydrogen-bond donors (Lipinski definition) is 2. The summed E-state index contributed by atoms with van der Waals surface area (Å²) < 4.78 is 24.0. The third kappa shape index (κ3) is 7.11. The highest BCUT2D eigenvalue weighted by atomic mass is 32.1. The average molecular weight is 420 g/mol. The molecule has 0 aliphatic heterocycles. The van der Waals surface area contributed by atoms with Gasteiger partial charge in [0.1, 0.15) is 11.6 Å². The molecule has 2 aromatic carbocycles. The molecule has 154 valence electrons. The van der Waals surface area contributed by atoms with Crippen molar-refractivity contribution in [3.05, 3.63) is 59.9 Å². The van der Waals surface area contributed by atoms with Crippen molar-refractivity contribution in [2.75, 3.05) is 17.5 Å². The van der Waals surface area contributed by atoms with E-state index in [2.05, 4.69) is 18.1 Å². The van der Waals surface area contributed by atoms with Crippen LogP contribution in [0.3, 0.4) is 0 Å². The quantitative estimate of drug-likeness (QED) is 0.386. The molecule has 0 heterocycles. The van der Waals surface area contributed by atoms with E-state index in [1.165, 1.54) is 48.5 Å². The van der Waals surface area contributed by atoms with Crippen LogP contribution in [0.15, 0.2) is 48.5 Å². The van der Waals surface area contributed by atoms with Crippen LogP contribution in [0.5, 0.6) is 5.75 Å². The number of halogens is 1. The summed E-state index contributed by atoms with van der Waals surface area (Å²) in [7, 11) is 0. The number of nitrogens with zero attached hydrogens (tertiary/aromatic N) is 1. The first-order valence-corrected chi connectivity index (χ1v) is 9.29. The number of esters is 1. The largest absolute Gasteiger partial charge is 0.484 e. The van der Waals surface area contributed by atoms with E-state index in [-0.39, 0.29) is 5.75 Å². The predicted molar refractivity (Wildman–Crippen MR) is 109 cm³/mol. The summed E-state index contributed by atoms with van der Waals surface area (Å²) in [5, 5.41) is 2.11. The number of hydrogen-bond acceptors (Lipinski definition) is 6. The predicted octanol–water partition coefficient (Wildman–Crippen LogP) is 3.75. The number of carbonyl (C=O) groups excluding carboxylic acids is 3. The molecule has 0 bridgehead atoms. The number of ether oxygens (including phenoxy) is 2. The van der Waals surface area contributed by atoms with Crippen LogP contribution in [0.2, 0.25) is 0 Å². The molecule has 0 saturated carbocycles. The zero-order chi connectivity index (χ0) is 21.2. The van der Waals surface area contributed by atoms with E-state index in [1.807, 2.05) is 6.92 Å². The SMILES string of the molecule is CCCCOC(=O)c1ccc(N(S)C(=O)NC(=O)COc2ccc(F)cc2)cc1. The number of thiol groups is 1. The Labute approximate surface area is 173 Å². The maximum absolute atomic E-state index is 12.8. The van der Waals surface area contributed by atoms with Crippen molar-refractivity contribution in [3.8, 4) is 5.75 Å². The Kier molecular flexibility index (Phi) is 8.47. The fourth-order valence-electron chi connectivity index (χ4n) is 2.14. The van der Waals surface area contributed by atoms with Crippen molar-refractivity contribution >= 4 is 36.4 Å². The molecule has 29 heavy (non-hydrogen) atoms. The van der Waals surface area contributed by atoms with Crippen LogP contribution < -0.4 is 14.4 Å². The second-order valence-electron chi connectivity index (χ2n) is 5.94. The van der Waals surface area contributed by atoms with Crippen LogP contribution in [0, 0.1) is 5.82 Å². The normalized spacial score (nSPS) is 10.2. The van der Waals surface area contributed by atoms with E-state index in [0.29, 0.717) is 17.9 Å². The summed E-state index contributed by atoms with van der Waals surface area (Å²) in [6.45, 7) is 1.91. The Morgan fingerprint density at radius 3 is 2.34 bits per heavy atom. The second kappa shape index (κ2) is 11.1. The van der Waals surface area contributed by atoms with E-state index in [4.69, 9.17) is 9.47 Å². The van der Waals surface area contributed by atoms with E-state index in [0.717, 1.165) is 17.1 Å². The number of amides is 3. The fraction of sp³-hybridized carbons (Fsp3) is 0.250. The zero-order valence-corrected chi connectivity index (χ0v) is 16.7. The van der Waals surface area contributed by atoms with Crippen LogP contribution in [0.1, 0.15) is 30.1 Å². The Morgan fingerprint density at radius 1 is 1.07 bits per heavy atom. The molecular formula is C20H21FN2O5S. The molecule has 0 spiro atoms. The average Bonchev–Trinajstić information content (AvgIpc) is 2.73. The van der Waals surface area contributed by atoms with Gasteiger partial charge in [-0.1, -0.05) is 26.2 Å². The van der Waals surface area contributed by atoms with Gasteiger partial charge in [-0.3, -0.25) is 10.1 Å². The summed E-state index contributed by atoms with van der Waals surface area (Å²) in [4.78, 5) is 35.8. The Bertz CT molecular complexity index is 843. The number of nitrogens with one attached hydrogen (secondary N) is 1. The molecule has 0 saturated heterocycles. The number of imide groups is 1. The first kappa shape index (κ1) is 22.2. The summed E-state index contributed by atoms with van der Waals surface area (Å²) in [6.07, 6.45) is 1.71. The molecule has 7 nitrogen and oxygen atoms in total. The minimum absolute atomic E-state index is 0.290. The summed E-state index contributed by atoms with van der Waals surface area (Å²) in [5.41, 5.74) is 0.693. The number of benzene rings is 2.